The molecule has 206 valence electrons. The summed E-state index contributed by atoms with van der Waals surface area (Å²) in [4.78, 5) is 29.2. The van der Waals surface area contributed by atoms with Crippen LogP contribution in [0.25, 0.3) is 0 Å². The summed E-state index contributed by atoms with van der Waals surface area (Å²) in [6.07, 6.45) is 12.7. The Morgan fingerprint density at radius 3 is 2.45 bits per heavy atom. The largest absolute Gasteiger partial charge is 0.367 e. The summed E-state index contributed by atoms with van der Waals surface area (Å²) < 4.78 is 5.69. The summed E-state index contributed by atoms with van der Waals surface area (Å²) in [7, 11) is 0. The minimum atomic E-state index is 0.108. The number of amides is 1. The van der Waals surface area contributed by atoms with Crippen LogP contribution < -0.4 is 10.2 Å². The van der Waals surface area contributed by atoms with Crippen molar-refractivity contribution in [2.45, 2.75) is 76.5 Å². The highest BCUT2D eigenvalue weighted by Crippen LogP contribution is 2.23. The van der Waals surface area contributed by atoms with E-state index < -0.39 is 0 Å². The minimum absolute atomic E-state index is 0.108. The van der Waals surface area contributed by atoms with Gasteiger partial charge in [0.15, 0.2) is 0 Å². The van der Waals surface area contributed by atoms with Crippen LogP contribution in [0.2, 0.25) is 0 Å². The molecular weight excluding hydrogens is 476 g/mol. The maximum Gasteiger partial charge on any atom is 0.248 e. The number of aromatic nitrogens is 2. The molecule has 1 aromatic carbocycles. The van der Waals surface area contributed by atoms with Crippen molar-refractivity contribution in [2.24, 2.45) is 0 Å². The number of anilines is 2. The molecular formula is C30H44N6O2. The van der Waals surface area contributed by atoms with E-state index in [1.165, 1.54) is 38.5 Å². The van der Waals surface area contributed by atoms with E-state index in [2.05, 4.69) is 26.2 Å². The van der Waals surface area contributed by atoms with Gasteiger partial charge < -0.3 is 19.9 Å². The van der Waals surface area contributed by atoms with Crippen molar-refractivity contribution >= 4 is 17.7 Å². The lowest BCUT2D eigenvalue weighted by Gasteiger charge is -2.39. The van der Waals surface area contributed by atoms with E-state index in [9.17, 15) is 4.79 Å². The van der Waals surface area contributed by atoms with Gasteiger partial charge in [0.1, 0.15) is 12.4 Å². The number of carbonyl (C=O) groups excluding carboxylic acids is 1. The maximum absolute atomic E-state index is 12.7. The molecule has 3 saturated heterocycles. The maximum atomic E-state index is 12.7. The zero-order chi connectivity index (χ0) is 26.0. The summed E-state index contributed by atoms with van der Waals surface area (Å²) in [6.45, 7) is 6.59. The van der Waals surface area contributed by atoms with Crippen molar-refractivity contribution in [3.05, 3.63) is 48.2 Å². The van der Waals surface area contributed by atoms with Crippen LogP contribution in [-0.4, -0.2) is 83.6 Å². The lowest BCUT2D eigenvalue weighted by atomic mass is 10.0. The number of ether oxygens (including phenoxy) is 1. The zero-order valence-electron chi connectivity index (χ0n) is 22.8. The van der Waals surface area contributed by atoms with Crippen molar-refractivity contribution in [3.63, 3.8) is 0 Å². The fourth-order valence-corrected chi connectivity index (χ4v) is 6.10. The normalized spacial score (nSPS) is 22.1. The summed E-state index contributed by atoms with van der Waals surface area (Å²) in [6, 6.07) is 13.0. The smallest absolute Gasteiger partial charge is 0.248 e. The third-order valence-corrected chi connectivity index (χ3v) is 8.28. The number of likely N-dealkylation sites (tertiary alicyclic amines) is 2. The summed E-state index contributed by atoms with van der Waals surface area (Å²) in [5.41, 5.74) is 1.10. The van der Waals surface area contributed by atoms with E-state index in [1.807, 2.05) is 41.4 Å². The SMILES string of the molecule is O=C(COCc1ccccc1)N1CCC(N2CCCCC(Nc3nccc(N4CCCCCC4)n3)C2)CC1. The summed E-state index contributed by atoms with van der Waals surface area (Å²) in [5, 5.41) is 3.68. The molecule has 5 rings (SSSR count). The van der Waals surface area contributed by atoms with Gasteiger partial charge in [-0.2, -0.15) is 4.98 Å². The first-order valence-corrected chi connectivity index (χ1v) is 14.7. The van der Waals surface area contributed by atoms with Gasteiger partial charge in [0.25, 0.3) is 0 Å². The highest BCUT2D eigenvalue weighted by atomic mass is 16.5. The van der Waals surface area contributed by atoms with Crippen LogP contribution in [0.1, 0.15) is 63.4 Å². The Bertz CT molecular complexity index is 989. The van der Waals surface area contributed by atoms with Crippen LogP contribution in [0.15, 0.2) is 42.6 Å². The van der Waals surface area contributed by atoms with Crippen LogP contribution in [0.5, 0.6) is 0 Å². The second-order valence-electron chi connectivity index (χ2n) is 11.1. The van der Waals surface area contributed by atoms with Crippen LogP contribution in [0.4, 0.5) is 11.8 Å². The lowest BCUT2D eigenvalue weighted by molar-refractivity contribution is -0.138. The third-order valence-electron chi connectivity index (χ3n) is 8.28. The van der Waals surface area contributed by atoms with Crippen molar-refractivity contribution < 1.29 is 9.53 Å². The molecule has 3 fully saturated rings. The molecule has 1 N–H and O–H groups in total. The number of hydrogen-bond acceptors (Lipinski definition) is 7. The van der Waals surface area contributed by atoms with E-state index in [-0.39, 0.29) is 12.5 Å². The quantitative estimate of drug-likeness (QED) is 0.555. The molecule has 1 atom stereocenters. The predicted octanol–water partition coefficient (Wildman–Crippen LogP) is 4.33. The molecule has 0 bridgehead atoms. The van der Waals surface area contributed by atoms with Crippen LogP contribution >= 0.6 is 0 Å². The van der Waals surface area contributed by atoms with Gasteiger partial charge in [-0.05, 0) is 56.7 Å². The fraction of sp³-hybridized carbons (Fsp3) is 0.633. The Labute approximate surface area is 227 Å². The van der Waals surface area contributed by atoms with Gasteiger partial charge in [-0.15, -0.1) is 0 Å². The average Bonchev–Trinajstić information content (AvgIpc) is 3.38. The molecule has 3 aliphatic rings. The van der Waals surface area contributed by atoms with Gasteiger partial charge in [0, 0.05) is 51.0 Å². The monoisotopic (exact) mass is 520 g/mol. The van der Waals surface area contributed by atoms with Crippen molar-refractivity contribution in [1.29, 1.82) is 0 Å². The Morgan fingerprint density at radius 1 is 0.895 bits per heavy atom. The standard InChI is InChI=1S/C30H44N6O2/c37-29(24-38-23-25-10-4-3-5-11-25)35-20-14-27(15-21-35)36-19-9-6-12-26(22-36)32-30-31-16-13-28(33-30)34-17-7-1-2-8-18-34/h3-5,10-11,13,16,26-27H,1-2,6-9,12,14-15,17-24H2,(H,31,32,33). The number of hydrogen-bond donors (Lipinski definition) is 1. The molecule has 0 saturated carbocycles. The van der Waals surface area contributed by atoms with Gasteiger partial charge in [-0.3, -0.25) is 9.69 Å². The number of nitrogens with one attached hydrogen (secondary N) is 1. The molecule has 8 nitrogen and oxygen atoms in total. The highest BCUT2D eigenvalue weighted by Gasteiger charge is 2.29. The Morgan fingerprint density at radius 2 is 1.66 bits per heavy atom. The molecule has 3 aliphatic heterocycles. The number of nitrogens with zero attached hydrogens (tertiary/aromatic N) is 5. The second kappa shape index (κ2) is 13.9. The zero-order valence-corrected chi connectivity index (χ0v) is 22.8. The Hall–Kier alpha value is -2.71. The third kappa shape index (κ3) is 7.67. The van der Waals surface area contributed by atoms with Crippen molar-refractivity contribution in [3.8, 4) is 0 Å². The van der Waals surface area contributed by atoms with E-state index in [1.54, 1.807) is 0 Å². The lowest BCUT2D eigenvalue weighted by Crippen LogP contribution is -2.49. The Kier molecular flexibility index (Phi) is 9.83. The molecule has 38 heavy (non-hydrogen) atoms. The molecule has 0 radical (unpaired) electrons. The van der Waals surface area contributed by atoms with E-state index in [0.29, 0.717) is 18.7 Å². The average molecular weight is 521 g/mol. The van der Waals surface area contributed by atoms with Crippen LogP contribution in [0.3, 0.4) is 0 Å². The molecule has 2 aromatic rings. The summed E-state index contributed by atoms with van der Waals surface area (Å²) in [5.74, 6) is 1.92. The van der Waals surface area contributed by atoms with Gasteiger partial charge in [-0.1, -0.05) is 49.6 Å². The topological polar surface area (TPSA) is 73.8 Å². The summed E-state index contributed by atoms with van der Waals surface area (Å²) >= 11 is 0. The Balaban J connectivity index is 1.09. The second-order valence-corrected chi connectivity index (χ2v) is 11.1. The minimum Gasteiger partial charge on any atom is -0.367 e. The van der Waals surface area contributed by atoms with E-state index >= 15 is 0 Å². The number of carbonyl (C=O) groups is 1. The highest BCUT2D eigenvalue weighted by molar-refractivity contribution is 5.77. The first-order chi connectivity index (χ1) is 18.7. The first kappa shape index (κ1) is 26.9. The molecule has 4 heterocycles. The van der Waals surface area contributed by atoms with E-state index in [4.69, 9.17) is 9.72 Å². The number of benzene rings is 1. The van der Waals surface area contributed by atoms with Crippen LogP contribution in [0, 0.1) is 0 Å². The fourth-order valence-electron chi connectivity index (χ4n) is 6.10. The van der Waals surface area contributed by atoms with Gasteiger partial charge in [0.05, 0.1) is 6.61 Å². The van der Waals surface area contributed by atoms with Gasteiger partial charge in [0.2, 0.25) is 11.9 Å². The van der Waals surface area contributed by atoms with E-state index in [0.717, 1.165) is 75.9 Å². The van der Waals surface area contributed by atoms with Crippen molar-refractivity contribution in [1.82, 2.24) is 19.8 Å². The molecule has 0 aliphatic carbocycles. The number of rotatable bonds is 8. The molecule has 1 aromatic heterocycles. The van der Waals surface area contributed by atoms with Gasteiger partial charge >= 0.3 is 0 Å². The number of piperidine rings is 1. The molecule has 8 heteroatoms. The first-order valence-electron chi connectivity index (χ1n) is 14.7. The predicted molar refractivity (Wildman–Crippen MR) is 151 cm³/mol. The van der Waals surface area contributed by atoms with Crippen molar-refractivity contribution in [2.75, 3.05) is 56.1 Å². The van der Waals surface area contributed by atoms with Crippen LogP contribution in [-0.2, 0) is 16.1 Å². The molecule has 0 spiro atoms. The molecule has 1 amide bonds. The molecule has 1 unspecified atom stereocenters. The van der Waals surface area contributed by atoms with Gasteiger partial charge in [-0.25, -0.2) is 4.98 Å².